The van der Waals surface area contributed by atoms with Gasteiger partial charge in [-0.3, -0.25) is 9.59 Å². The maximum Gasteiger partial charge on any atom is 0.329 e. The van der Waals surface area contributed by atoms with Gasteiger partial charge >= 0.3 is 5.97 Å². The van der Waals surface area contributed by atoms with E-state index >= 15 is 0 Å². The molecular formula is C16H28N2O4. The molecule has 0 bridgehead atoms. The lowest BCUT2D eigenvalue weighted by Crippen LogP contribution is -2.56. The minimum atomic E-state index is -1.12. The molecule has 0 spiro atoms. The molecule has 22 heavy (non-hydrogen) atoms. The Kier molecular flexibility index (Phi) is 7.35. The van der Waals surface area contributed by atoms with Gasteiger partial charge in [-0.15, -0.1) is 0 Å². The van der Waals surface area contributed by atoms with Gasteiger partial charge in [0.25, 0.3) is 0 Å². The second-order valence-corrected chi connectivity index (χ2v) is 6.09. The Labute approximate surface area is 132 Å². The summed E-state index contributed by atoms with van der Waals surface area (Å²) in [6.07, 6.45) is 4.61. The van der Waals surface area contributed by atoms with Crippen molar-refractivity contribution in [2.75, 3.05) is 6.54 Å². The van der Waals surface area contributed by atoms with Gasteiger partial charge in [0.05, 0.1) is 0 Å². The predicted octanol–water partition coefficient (Wildman–Crippen LogP) is 1.83. The van der Waals surface area contributed by atoms with Crippen molar-refractivity contribution in [1.82, 2.24) is 10.6 Å². The van der Waals surface area contributed by atoms with Crippen LogP contribution in [0.5, 0.6) is 0 Å². The Bertz CT molecular complexity index is 401. The van der Waals surface area contributed by atoms with Crippen molar-refractivity contribution >= 4 is 17.8 Å². The van der Waals surface area contributed by atoms with Gasteiger partial charge in [-0.25, -0.2) is 4.79 Å². The number of hydrogen-bond acceptors (Lipinski definition) is 3. The second-order valence-electron chi connectivity index (χ2n) is 6.09. The first-order chi connectivity index (χ1) is 10.4. The smallest absolute Gasteiger partial charge is 0.329 e. The van der Waals surface area contributed by atoms with E-state index in [2.05, 4.69) is 17.6 Å². The van der Waals surface area contributed by atoms with Crippen LogP contribution in [-0.2, 0) is 14.4 Å². The van der Waals surface area contributed by atoms with Gasteiger partial charge in [0, 0.05) is 19.4 Å². The van der Waals surface area contributed by atoms with Crippen LogP contribution >= 0.6 is 0 Å². The van der Waals surface area contributed by atoms with Crippen molar-refractivity contribution in [3.63, 3.8) is 0 Å². The molecule has 1 rings (SSSR count). The third-order valence-electron chi connectivity index (χ3n) is 4.51. The number of hydrogen-bond donors (Lipinski definition) is 3. The van der Waals surface area contributed by atoms with E-state index in [1.165, 1.54) is 0 Å². The van der Waals surface area contributed by atoms with Crippen LogP contribution in [0.15, 0.2) is 0 Å². The molecule has 1 aliphatic rings. The zero-order chi connectivity index (χ0) is 16.6. The topological polar surface area (TPSA) is 95.5 Å². The summed E-state index contributed by atoms with van der Waals surface area (Å²) in [5, 5.41) is 14.9. The quantitative estimate of drug-likeness (QED) is 0.637. The molecule has 0 aromatic heterocycles. The van der Waals surface area contributed by atoms with Gasteiger partial charge in [0.1, 0.15) is 5.54 Å². The van der Waals surface area contributed by atoms with Crippen molar-refractivity contribution in [2.24, 2.45) is 5.92 Å². The largest absolute Gasteiger partial charge is 0.480 e. The number of carboxylic acid groups (broad SMARTS) is 1. The maximum absolute atomic E-state index is 12.0. The summed E-state index contributed by atoms with van der Waals surface area (Å²) in [5.41, 5.74) is -1.12. The van der Waals surface area contributed by atoms with Crippen LogP contribution in [0.4, 0.5) is 0 Å². The average Bonchev–Trinajstić information content (AvgIpc) is 2.48. The maximum atomic E-state index is 12.0. The van der Waals surface area contributed by atoms with E-state index in [4.69, 9.17) is 0 Å². The predicted molar refractivity (Wildman–Crippen MR) is 83.3 cm³/mol. The van der Waals surface area contributed by atoms with Gasteiger partial charge in [0.2, 0.25) is 11.8 Å². The highest BCUT2D eigenvalue weighted by Gasteiger charge is 2.42. The van der Waals surface area contributed by atoms with Crippen LogP contribution in [0.1, 0.15) is 65.2 Å². The monoisotopic (exact) mass is 312 g/mol. The molecular weight excluding hydrogens is 284 g/mol. The third-order valence-corrected chi connectivity index (χ3v) is 4.51. The third kappa shape index (κ3) is 5.31. The van der Waals surface area contributed by atoms with Gasteiger partial charge in [-0.2, -0.15) is 0 Å². The van der Waals surface area contributed by atoms with E-state index < -0.39 is 11.5 Å². The summed E-state index contributed by atoms with van der Waals surface area (Å²) in [6.45, 7) is 4.53. The first kappa shape index (κ1) is 18.5. The first-order valence-electron chi connectivity index (χ1n) is 8.24. The molecule has 0 unspecified atom stereocenters. The number of amides is 2. The van der Waals surface area contributed by atoms with Gasteiger partial charge < -0.3 is 15.7 Å². The van der Waals surface area contributed by atoms with Crippen LogP contribution < -0.4 is 10.6 Å². The van der Waals surface area contributed by atoms with Crippen molar-refractivity contribution in [2.45, 2.75) is 70.8 Å². The SMILES string of the molecule is CCNC(=O)CCCC(=O)NC1(C(=O)O)CCC(CC)CC1. The molecule has 3 N–H and O–H groups in total. The summed E-state index contributed by atoms with van der Waals surface area (Å²) in [5.74, 6) is -0.741. The average molecular weight is 312 g/mol. The molecule has 1 fully saturated rings. The molecule has 0 heterocycles. The molecule has 0 aliphatic heterocycles. The van der Waals surface area contributed by atoms with Gasteiger partial charge in [-0.1, -0.05) is 13.3 Å². The Morgan fingerprint density at radius 2 is 1.68 bits per heavy atom. The van der Waals surface area contributed by atoms with E-state index in [9.17, 15) is 19.5 Å². The van der Waals surface area contributed by atoms with Crippen LogP contribution in [0.2, 0.25) is 0 Å². The molecule has 0 aromatic rings. The van der Waals surface area contributed by atoms with E-state index in [1.807, 2.05) is 6.92 Å². The Balaban J connectivity index is 2.45. The van der Waals surface area contributed by atoms with E-state index in [0.29, 0.717) is 38.1 Å². The zero-order valence-electron chi connectivity index (χ0n) is 13.6. The summed E-state index contributed by atoms with van der Waals surface area (Å²) in [7, 11) is 0. The molecule has 0 radical (unpaired) electrons. The van der Waals surface area contributed by atoms with E-state index in [0.717, 1.165) is 19.3 Å². The molecule has 6 heteroatoms. The lowest BCUT2D eigenvalue weighted by atomic mass is 9.75. The number of carbonyl (C=O) groups excluding carboxylic acids is 2. The molecule has 126 valence electrons. The fraction of sp³-hybridized carbons (Fsp3) is 0.812. The Morgan fingerprint density at radius 3 is 2.18 bits per heavy atom. The van der Waals surface area contributed by atoms with Crippen molar-refractivity contribution in [3.05, 3.63) is 0 Å². The van der Waals surface area contributed by atoms with Crippen LogP contribution in [0.25, 0.3) is 0 Å². The van der Waals surface area contributed by atoms with Crippen molar-refractivity contribution in [3.8, 4) is 0 Å². The number of nitrogens with one attached hydrogen (secondary N) is 2. The highest BCUT2D eigenvalue weighted by Crippen LogP contribution is 2.34. The highest BCUT2D eigenvalue weighted by molar-refractivity contribution is 5.87. The van der Waals surface area contributed by atoms with Crippen LogP contribution in [-0.4, -0.2) is 35.0 Å². The summed E-state index contributed by atoms with van der Waals surface area (Å²) in [6, 6.07) is 0. The fourth-order valence-electron chi connectivity index (χ4n) is 3.00. The summed E-state index contributed by atoms with van der Waals surface area (Å²) in [4.78, 5) is 34.9. The molecule has 0 saturated heterocycles. The van der Waals surface area contributed by atoms with Gasteiger partial charge in [-0.05, 0) is 44.9 Å². The lowest BCUT2D eigenvalue weighted by molar-refractivity contribution is -0.149. The normalized spacial score (nSPS) is 24.5. The van der Waals surface area contributed by atoms with Crippen molar-refractivity contribution in [1.29, 1.82) is 0 Å². The second kappa shape index (κ2) is 8.76. The fourth-order valence-corrected chi connectivity index (χ4v) is 3.00. The molecule has 0 atom stereocenters. The Morgan fingerprint density at radius 1 is 1.09 bits per heavy atom. The van der Waals surface area contributed by atoms with Crippen molar-refractivity contribution < 1.29 is 19.5 Å². The summed E-state index contributed by atoms with van der Waals surface area (Å²) >= 11 is 0. The lowest BCUT2D eigenvalue weighted by Gasteiger charge is -2.37. The van der Waals surface area contributed by atoms with E-state index in [-0.39, 0.29) is 18.2 Å². The highest BCUT2D eigenvalue weighted by atomic mass is 16.4. The molecule has 0 aromatic carbocycles. The van der Waals surface area contributed by atoms with E-state index in [1.54, 1.807) is 0 Å². The van der Waals surface area contributed by atoms with Crippen LogP contribution in [0, 0.1) is 5.92 Å². The molecule has 2 amide bonds. The minimum Gasteiger partial charge on any atom is -0.480 e. The Hall–Kier alpha value is -1.59. The van der Waals surface area contributed by atoms with Gasteiger partial charge in [0.15, 0.2) is 0 Å². The minimum absolute atomic E-state index is 0.0771. The summed E-state index contributed by atoms with van der Waals surface area (Å²) < 4.78 is 0. The molecule has 1 saturated carbocycles. The number of aliphatic carboxylic acids is 1. The molecule has 1 aliphatic carbocycles. The number of rotatable bonds is 8. The number of carboxylic acids is 1. The standard InChI is InChI=1S/C16H28N2O4/c1-3-12-8-10-16(11-9-12,15(21)22)18-14(20)7-5-6-13(19)17-4-2/h12H,3-11H2,1-2H3,(H,17,19)(H,18,20)(H,21,22). The first-order valence-corrected chi connectivity index (χ1v) is 8.24. The number of carbonyl (C=O) groups is 3. The zero-order valence-corrected chi connectivity index (χ0v) is 13.6. The molecule has 6 nitrogen and oxygen atoms in total. The van der Waals surface area contributed by atoms with Crippen LogP contribution in [0.3, 0.4) is 0 Å².